The van der Waals surface area contributed by atoms with Crippen molar-refractivity contribution in [2.24, 2.45) is 0 Å². The van der Waals surface area contributed by atoms with E-state index >= 15 is 0 Å². The molecule has 156 valence electrons. The Morgan fingerprint density at radius 3 is 2.33 bits per heavy atom. The minimum Gasteiger partial charge on any atom is -0.493 e. The van der Waals surface area contributed by atoms with E-state index < -0.39 is 5.97 Å². The molecule has 6 nitrogen and oxygen atoms in total. The number of aromatic nitrogens is 1. The standard InChI is InChI=1S/C22H20FNO5S/c1-26-18-10-14(11-19(27-2)21(18)28-3)4-9-20(25)29-12-17-13-30-22(24-17)15-5-7-16(23)8-6-15/h4-11,13H,12H2,1-3H3/b9-4+. The maximum atomic E-state index is 13.0. The lowest BCUT2D eigenvalue weighted by Gasteiger charge is -2.12. The van der Waals surface area contributed by atoms with E-state index in [0.717, 1.165) is 10.6 Å². The van der Waals surface area contributed by atoms with Gasteiger partial charge in [-0.3, -0.25) is 0 Å². The first-order valence-corrected chi connectivity index (χ1v) is 9.77. The molecular weight excluding hydrogens is 409 g/mol. The van der Waals surface area contributed by atoms with Crippen LogP contribution in [0, 0.1) is 5.82 Å². The summed E-state index contributed by atoms with van der Waals surface area (Å²) in [6, 6.07) is 9.52. The van der Waals surface area contributed by atoms with Gasteiger partial charge in [-0.05, 0) is 48.0 Å². The van der Waals surface area contributed by atoms with E-state index in [0.29, 0.717) is 28.5 Å². The molecule has 0 aliphatic heterocycles. The van der Waals surface area contributed by atoms with Gasteiger partial charge >= 0.3 is 5.97 Å². The van der Waals surface area contributed by atoms with Crippen LogP contribution in [-0.2, 0) is 16.1 Å². The number of hydrogen-bond donors (Lipinski definition) is 0. The van der Waals surface area contributed by atoms with Crippen LogP contribution in [0.5, 0.6) is 17.2 Å². The molecule has 0 fully saturated rings. The molecule has 0 unspecified atom stereocenters. The number of halogens is 1. The van der Waals surface area contributed by atoms with Gasteiger partial charge in [-0.25, -0.2) is 14.2 Å². The Bertz CT molecular complexity index is 1020. The molecular formula is C22H20FNO5S. The normalized spacial score (nSPS) is 10.8. The Balaban J connectivity index is 1.62. The SMILES string of the molecule is COc1cc(/C=C/C(=O)OCc2csc(-c3ccc(F)cc3)n2)cc(OC)c1OC. The van der Waals surface area contributed by atoms with Crippen molar-refractivity contribution >= 4 is 23.4 Å². The monoisotopic (exact) mass is 429 g/mol. The third kappa shape index (κ3) is 5.15. The number of hydrogen-bond acceptors (Lipinski definition) is 7. The van der Waals surface area contributed by atoms with Crippen molar-refractivity contribution < 1.29 is 28.1 Å². The number of esters is 1. The zero-order valence-corrected chi connectivity index (χ0v) is 17.5. The lowest BCUT2D eigenvalue weighted by Crippen LogP contribution is -2.01. The van der Waals surface area contributed by atoms with Gasteiger partial charge in [0, 0.05) is 17.0 Å². The fourth-order valence-electron chi connectivity index (χ4n) is 2.65. The van der Waals surface area contributed by atoms with Gasteiger partial charge in [0.2, 0.25) is 5.75 Å². The molecule has 0 spiro atoms. The van der Waals surface area contributed by atoms with Gasteiger partial charge < -0.3 is 18.9 Å². The first-order chi connectivity index (χ1) is 14.5. The molecule has 3 rings (SSSR count). The van der Waals surface area contributed by atoms with Crippen molar-refractivity contribution in [3.8, 4) is 27.8 Å². The molecule has 30 heavy (non-hydrogen) atoms. The average molecular weight is 429 g/mol. The number of methoxy groups -OCH3 is 3. The molecule has 0 aliphatic rings. The Morgan fingerprint density at radius 2 is 1.73 bits per heavy atom. The summed E-state index contributed by atoms with van der Waals surface area (Å²) in [5, 5.41) is 2.53. The van der Waals surface area contributed by atoms with Crippen LogP contribution in [0.3, 0.4) is 0 Å². The third-order valence-corrected chi connectivity index (χ3v) is 5.04. The summed E-state index contributed by atoms with van der Waals surface area (Å²) >= 11 is 1.40. The number of rotatable bonds is 8. The molecule has 0 N–H and O–H groups in total. The van der Waals surface area contributed by atoms with Gasteiger partial charge in [-0.2, -0.15) is 0 Å². The van der Waals surface area contributed by atoms with Crippen LogP contribution < -0.4 is 14.2 Å². The molecule has 0 radical (unpaired) electrons. The van der Waals surface area contributed by atoms with E-state index in [1.54, 1.807) is 35.7 Å². The van der Waals surface area contributed by atoms with Crippen molar-refractivity contribution in [2.75, 3.05) is 21.3 Å². The summed E-state index contributed by atoms with van der Waals surface area (Å²) < 4.78 is 34.1. The minimum atomic E-state index is -0.514. The summed E-state index contributed by atoms with van der Waals surface area (Å²) in [7, 11) is 4.56. The molecule has 0 atom stereocenters. The third-order valence-electron chi connectivity index (χ3n) is 4.10. The Labute approximate surface area is 177 Å². The molecule has 8 heteroatoms. The maximum absolute atomic E-state index is 13.0. The number of carbonyl (C=O) groups excluding carboxylic acids is 1. The second kappa shape index (κ2) is 9.89. The summed E-state index contributed by atoms with van der Waals surface area (Å²) in [5.41, 5.74) is 2.11. The predicted octanol–water partition coefficient (Wildman–Crippen LogP) is 4.73. The Morgan fingerprint density at radius 1 is 1.07 bits per heavy atom. The fraction of sp³-hybridized carbons (Fsp3) is 0.182. The van der Waals surface area contributed by atoms with E-state index in [2.05, 4.69) is 4.98 Å². The van der Waals surface area contributed by atoms with Crippen LogP contribution in [0.4, 0.5) is 4.39 Å². The highest BCUT2D eigenvalue weighted by molar-refractivity contribution is 7.13. The number of nitrogens with zero attached hydrogens (tertiary/aromatic N) is 1. The van der Waals surface area contributed by atoms with Crippen LogP contribution >= 0.6 is 11.3 Å². The van der Waals surface area contributed by atoms with Gasteiger partial charge in [0.05, 0.1) is 27.0 Å². The van der Waals surface area contributed by atoms with Crippen LogP contribution in [0.25, 0.3) is 16.6 Å². The number of carbonyl (C=O) groups is 1. The quantitative estimate of drug-likeness (QED) is 0.381. The van der Waals surface area contributed by atoms with Crippen molar-refractivity contribution in [1.82, 2.24) is 4.98 Å². The predicted molar refractivity (Wildman–Crippen MR) is 112 cm³/mol. The number of ether oxygens (including phenoxy) is 4. The van der Waals surface area contributed by atoms with E-state index in [-0.39, 0.29) is 12.4 Å². The van der Waals surface area contributed by atoms with Gasteiger partial charge in [0.25, 0.3) is 0 Å². The van der Waals surface area contributed by atoms with Crippen molar-refractivity contribution in [3.05, 3.63) is 64.9 Å². The smallest absolute Gasteiger partial charge is 0.331 e. The van der Waals surface area contributed by atoms with Crippen LogP contribution in [0.2, 0.25) is 0 Å². The molecule has 2 aromatic carbocycles. The van der Waals surface area contributed by atoms with E-state index in [9.17, 15) is 9.18 Å². The Hall–Kier alpha value is -3.39. The first kappa shape index (κ1) is 21.3. The number of thiazole rings is 1. The summed E-state index contributed by atoms with van der Waals surface area (Å²) in [6.07, 6.45) is 2.91. The lowest BCUT2D eigenvalue weighted by atomic mass is 10.1. The van der Waals surface area contributed by atoms with Gasteiger partial charge in [0.15, 0.2) is 11.5 Å². The van der Waals surface area contributed by atoms with Crippen molar-refractivity contribution in [2.45, 2.75) is 6.61 Å². The maximum Gasteiger partial charge on any atom is 0.331 e. The van der Waals surface area contributed by atoms with Gasteiger partial charge in [0.1, 0.15) is 17.4 Å². The van der Waals surface area contributed by atoms with E-state index in [1.165, 1.54) is 50.9 Å². The summed E-state index contributed by atoms with van der Waals surface area (Å²) in [5.74, 6) is 0.630. The highest BCUT2D eigenvalue weighted by atomic mass is 32.1. The molecule has 0 saturated carbocycles. The summed E-state index contributed by atoms with van der Waals surface area (Å²) in [4.78, 5) is 16.5. The van der Waals surface area contributed by atoms with Crippen LogP contribution in [-0.4, -0.2) is 32.3 Å². The molecule has 0 amide bonds. The molecule has 0 bridgehead atoms. The number of benzene rings is 2. The minimum absolute atomic E-state index is 0.0378. The van der Waals surface area contributed by atoms with Gasteiger partial charge in [-0.15, -0.1) is 11.3 Å². The molecule has 1 heterocycles. The topological polar surface area (TPSA) is 66.9 Å². The first-order valence-electron chi connectivity index (χ1n) is 8.89. The molecule has 0 aliphatic carbocycles. The fourth-order valence-corrected chi connectivity index (χ4v) is 3.46. The van der Waals surface area contributed by atoms with E-state index in [4.69, 9.17) is 18.9 Å². The van der Waals surface area contributed by atoms with Gasteiger partial charge in [-0.1, -0.05) is 0 Å². The van der Waals surface area contributed by atoms with Crippen LogP contribution in [0.1, 0.15) is 11.3 Å². The van der Waals surface area contributed by atoms with E-state index in [1.807, 2.05) is 0 Å². The highest BCUT2D eigenvalue weighted by Gasteiger charge is 2.12. The highest BCUT2D eigenvalue weighted by Crippen LogP contribution is 2.38. The zero-order chi connectivity index (χ0) is 21.5. The van der Waals surface area contributed by atoms with Crippen molar-refractivity contribution in [3.63, 3.8) is 0 Å². The largest absolute Gasteiger partial charge is 0.493 e. The van der Waals surface area contributed by atoms with Crippen molar-refractivity contribution in [1.29, 1.82) is 0 Å². The lowest BCUT2D eigenvalue weighted by molar-refractivity contribution is -0.139. The molecule has 3 aromatic rings. The second-order valence-electron chi connectivity index (χ2n) is 6.05. The van der Waals surface area contributed by atoms with Crippen LogP contribution in [0.15, 0.2) is 47.9 Å². The zero-order valence-electron chi connectivity index (χ0n) is 16.7. The summed E-state index contributed by atoms with van der Waals surface area (Å²) in [6.45, 7) is 0.0378. The molecule has 1 aromatic heterocycles. The Kier molecular flexibility index (Phi) is 7.03. The second-order valence-corrected chi connectivity index (χ2v) is 6.91. The molecule has 0 saturated heterocycles. The average Bonchev–Trinajstić information content (AvgIpc) is 3.24.